The lowest BCUT2D eigenvalue weighted by Crippen LogP contribution is -2.30. The third-order valence-corrected chi connectivity index (χ3v) is 11.9. The van der Waals surface area contributed by atoms with Crippen LogP contribution in [0.1, 0.15) is 252 Å². The summed E-state index contributed by atoms with van der Waals surface area (Å²) < 4.78 is 16.8. The Hall–Kier alpha value is -4.19. The van der Waals surface area contributed by atoms with Crippen molar-refractivity contribution in [3.63, 3.8) is 0 Å². The van der Waals surface area contributed by atoms with Crippen LogP contribution in [-0.4, -0.2) is 37.2 Å². The summed E-state index contributed by atoms with van der Waals surface area (Å²) in [4.78, 5) is 38.2. The first-order valence-electron chi connectivity index (χ1n) is 29.0. The molecule has 0 bridgehead atoms. The molecule has 0 heterocycles. The van der Waals surface area contributed by atoms with Crippen molar-refractivity contribution in [1.82, 2.24) is 0 Å². The number of carbonyl (C=O) groups is 3. The first-order valence-corrected chi connectivity index (χ1v) is 29.0. The monoisotopic (exact) mass is 983 g/mol. The summed E-state index contributed by atoms with van der Waals surface area (Å²) >= 11 is 0. The van der Waals surface area contributed by atoms with E-state index in [4.69, 9.17) is 14.2 Å². The van der Waals surface area contributed by atoms with Crippen molar-refractivity contribution >= 4 is 17.9 Å². The maximum Gasteiger partial charge on any atom is 0.306 e. The molecule has 0 radical (unpaired) electrons. The molecule has 6 heteroatoms. The average molecular weight is 984 g/mol. The van der Waals surface area contributed by atoms with Gasteiger partial charge in [-0.1, -0.05) is 213 Å². The molecule has 0 aromatic heterocycles. The van der Waals surface area contributed by atoms with E-state index in [-0.39, 0.29) is 37.5 Å². The maximum atomic E-state index is 12.9. The minimum atomic E-state index is -0.818. The van der Waals surface area contributed by atoms with Gasteiger partial charge >= 0.3 is 17.9 Å². The number of rotatable bonds is 51. The molecule has 0 saturated carbocycles. The lowest BCUT2D eigenvalue weighted by molar-refractivity contribution is -0.167. The van der Waals surface area contributed by atoms with Gasteiger partial charge in [-0.2, -0.15) is 0 Å². The zero-order chi connectivity index (χ0) is 51.4. The Morgan fingerprint density at radius 1 is 0.282 bits per heavy atom. The molecule has 0 N–H and O–H groups in total. The van der Waals surface area contributed by atoms with Crippen molar-refractivity contribution in [2.75, 3.05) is 13.2 Å². The minimum absolute atomic E-state index is 0.112. The van der Waals surface area contributed by atoms with E-state index in [1.54, 1.807) is 0 Å². The number of esters is 3. The molecule has 0 unspecified atom stereocenters. The third-order valence-electron chi connectivity index (χ3n) is 11.9. The summed E-state index contributed by atoms with van der Waals surface area (Å²) in [5.41, 5.74) is 0. The summed E-state index contributed by atoms with van der Waals surface area (Å²) in [6, 6.07) is 0. The SMILES string of the molecule is CCCCC/C=C/C/C=C/C/C=C/C/C=C/CCCCCC(=O)OC[C@@H](COC(=O)CCCCCCC/C=C/C/C=C/CCCCC)OC(=O)CCCCC/C=C/C/C=C/C/C=C/C/C=C/CCCCC. The number of hydrogen-bond donors (Lipinski definition) is 0. The lowest BCUT2D eigenvalue weighted by atomic mass is 10.1. The van der Waals surface area contributed by atoms with Gasteiger partial charge in [0, 0.05) is 19.3 Å². The van der Waals surface area contributed by atoms with Crippen molar-refractivity contribution in [2.45, 2.75) is 258 Å². The van der Waals surface area contributed by atoms with Gasteiger partial charge in [-0.25, -0.2) is 0 Å². The molecule has 402 valence electrons. The topological polar surface area (TPSA) is 78.9 Å². The van der Waals surface area contributed by atoms with Crippen molar-refractivity contribution in [2.24, 2.45) is 0 Å². The molecule has 71 heavy (non-hydrogen) atoms. The van der Waals surface area contributed by atoms with E-state index in [0.29, 0.717) is 19.3 Å². The van der Waals surface area contributed by atoms with Crippen LogP contribution in [0.2, 0.25) is 0 Å². The predicted molar refractivity (Wildman–Crippen MR) is 306 cm³/mol. The standard InChI is InChI=1S/C65H106O6/c1-4-7-10-13-16-19-22-25-28-30-32-34-37-40-43-46-49-52-55-58-64(67)70-61-62(60-69-63(66)57-54-51-48-45-42-39-36-27-24-21-18-15-12-9-6-3)71-65(68)59-56-53-50-47-44-41-38-35-33-31-29-26-23-20-17-14-11-8-5-2/h16-21,25-29,32-36,40-41,43-44,62H,4-15,22-24,30-31,37-39,42,45-61H2,1-3H3/b19-16+,20-17+,21-18+,28-25+,29-26+,34-32+,35-33+,36-27+,43-40+,44-41+/t62-/m1/s1. The Morgan fingerprint density at radius 3 is 0.803 bits per heavy atom. The fourth-order valence-corrected chi connectivity index (χ4v) is 7.50. The van der Waals surface area contributed by atoms with Gasteiger partial charge in [0.05, 0.1) is 0 Å². The molecule has 0 aliphatic carbocycles. The van der Waals surface area contributed by atoms with E-state index in [2.05, 4.69) is 142 Å². The number of ether oxygens (including phenoxy) is 3. The molecule has 0 fully saturated rings. The van der Waals surface area contributed by atoms with Crippen molar-refractivity contribution in [3.05, 3.63) is 122 Å². The van der Waals surface area contributed by atoms with E-state index in [1.807, 2.05) is 0 Å². The Balaban J connectivity index is 4.55. The highest BCUT2D eigenvalue weighted by molar-refractivity contribution is 5.71. The van der Waals surface area contributed by atoms with Crippen molar-refractivity contribution < 1.29 is 28.6 Å². The Morgan fingerprint density at radius 2 is 0.507 bits per heavy atom. The molecular formula is C65H106O6. The van der Waals surface area contributed by atoms with Crippen LogP contribution in [0, 0.1) is 0 Å². The van der Waals surface area contributed by atoms with Crippen LogP contribution in [-0.2, 0) is 28.6 Å². The molecule has 0 aromatic rings. The normalized spacial score (nSPS) is 13.0. The number of unbranched alkanes of at least 4 members (excludes halogenated alkanes) is 20. The molecule has 0 aliphatic heterocycles. The van der Waals surface area contributed by atoms with Gasteiger partial charge < -0.3 is 14.2 Å². The summed E-state index contributed by atoms with van der Waals surface area (Å²) in [6.45, 7) is 6.49. The molecular weight excluding hydrogens is 877 g/mol. The van der Waals surface area contributed by atoms with Crippen LogP contribution in [0.3, 0.4) is 0 Å². The van der Waals surface area contributed by atoms with Gasteiger partial charge in [0.1, 0.15) is 13.2 Å². The zero-order valence-corrected chi connectivity index (χ0v) is 45.9. The fraction of sp³-hybridized carbons (Fsp3) is 0.646. The maximum absolute atomic E-state index is 12.9. The van der Waals surface area contributed by atoms with E-state index in [1.165, 1.54) is 77.0 Å². The van der Waals surface area contributed by atoms with Crippen LogP contribution < -0.4 is 0 Å². The van der Waals surface area contributed by atoms with Crippen molar-refractivity contribution in [1.29, 1.82) is 0 Å². The van der Waals surface area contributed by atoms with Crippen LogP contribution in [0.5, 0.6) is 0 Å². The Labute approximate surface area is 437 Å². The van der Waals surface area contributed by atoms with Gasteiger partial charge in [0.2, 0.25) is 0 Å². The van der Waals surface area contributed by atoms with Crippen molar-refractivity contribution in [3.8, 4) is 0 Å². The zero-order valence-electron chi connectivity index (χ0n) is 45.9. The second-order valence-corrected chi connectivity index (χ2v) is 18.8. The molecule has 0 amide bonds. The average Bonchev–Trinajstić information content (AvgIpc) is 3.37. The second kappa shape index (κ2) is 58.4. The summed E-state index contributed by atoms with van der Waals surface area (Å²) in [5.74, 6) is -0.989. The van der Waals surface area contributed by atoms with Crippen LogP contribution in [0.4, 0.5) is 0 Å². The highest BCUT2D eigenvalue weighted by Crippen LogP contribution is 2.12. The Bertz CT molecular complexity index is 1500. The molecule has 0 saturated heterocycles. The van der Waals surface area contributed by atoms with E-state index < -0.39 is 6.10 Å². The largest absolute Gasteiger partial charge is 0.462 e. The summed E-state index contributed by atoms with van der Waals surface area (Å²) in [5, 5.41) is 0. The van der Waals surface area contributed by atoms with Gasteiger partial charge in [-0.3, -0.25) is 14.4 Å². The van der Waals surface area contributed by atoms with E-state index in [9.17, 15) is 14.4 Å². The number of allylic oxidation sites excluding steroid dienone is 20. The van der Waals surface area contributed by atoms with Gasteiger partial charge in [0.15, 0.2) is 6.10 Å². The minimum Gasteiger partial charge on any atom is -0.462 e. The molecule has 6 nitrogen and oxygen atoms in total. The van der Waals surface area contributed by atoms with Gasteiger partial charge in [0.25, 0.3) is 0 Å². The predicted octanol–water partition coefficient (Wildman–Crippen LogP) is 19.6. The lowest BCUT2D eigenvalue weighted by Gasteiger charge is -2.18. The molecule has 0 aliphatic rings. The third kappa shape index (κ3) is 56.6. The number of carbonyl (C=O) groups excluding carboxylic acids is 3. The van der Waals surface area contributed by atoms with Crippen LogP contribution >= 0.6 is 0 Å². The molecule has 0 spiro atoms. The first-order chi connectivity index (χ1) is 35.0. The Kier molecular flexibility index (Phi) is 54.9. The van der Waals surface area contributed by atoms with Crippen LogP contribution in [0.25, 0.3) is 0 Å². The van der Waals surface area contributed by atoms with Crippen LogP contribution in [0.15, 0.2) is 122 Å². The quantitative estimate of drug-likeness (QED) is 0.0261. The number of hydrogen-bond acceptors (Lipinski definition) is 6. The highest BCUT2D eigenvalue weighted by Gasteiger charge is 2.19. The van der Waals surface area contributed by atoms with Gasteiger partial charge in [-0.15, -0.1) is 0 Å². The molecule has 0 aromatic carbocycles. The first kappa shape index (κ1) is 66.8. The smallest absolute Gasteiger partial charge is 0.306 e. The molecule has 1 atom stereocenters. The summed E-state index contributed by atoms with van der Waals surface area (Å²) in [6.07, 6.45) is 80.4. The van der Waals surface area contributed by atoms with Gasteiger partial charge in [-0.05, 0) is 141 Å². The summed E-state index contributed by atoms with van der Waals surface area (Å²) in [7, 11) is 0. The fourth-order valence-electron chi connectivity index (χ4n) is 7.50. The molecule has 0 rings (SSSR count). The highest BCUT2D eigenvalue weighted by atomic mass is 16.6. The van der Waals surface area contributed by atoms with E-state index in [0.717, 1.165) is 128 Å². The van der Waals surface area contributed by atoms with E-state index >= 15 is 0 Å². The second-order valence-electron chi connectivity index (χ2n) is 18.8.